The summed E-state index contributed by atoms with van der Waals surface area (Å²) in [7, 11) is 0. The van der Waals surface area contributed by atoms with Gasteiger partial charge in [0.2, 0.25) is 0 Å². The van der Waals surface area contributed by atoms with E-state index in [0.29, 0.717) is 17.7 Å². The highest BCUT2D eigenvalue weighted by molar-refractivity contribution is 6.00. The van der Waals surface area contributed by atoms with Gasteiger partial charge >= 0.3 is 0 Å². The van der Waals surface area contributed by atoms with Crippen LogP contribution in [-0.2, 0) is 12.8 Å². The third-order valence-corrected chi connectivity index (χ3v) is 5.38. The van der Waals surface area contributed by atoms with Crippen LogP contribution in [-0.4, -0.2) is 10.9 Å². The van der Waals surface area contributed by atoms with E-state index in [1.54, 1.807) is 6.07 Å². The molecule has 0 aliphatic carbocycles. The van der Waals surface area contributed by atoms with E-state index in [0.717, 1.165) is 18.4 Å². The standard InChI is InChI=1S/C26H30O3/c1-16(2)6-8-19-12-21(13-20(18(19)5)9-7-17(3)4)25-15-24(28)23-11-10-22(27)14-26(23)29-25/h6-7,10-14,25,27H,8-9,15H2,1-5H3/t25-/m1/s1. The highest BCUT2D eigenvalue weighted by Gasteiger charge is 2.28. The van der Waals surface area contributed by atoms with E-state index in [4.69, 9.17) is 4.74 Å². The van der Waals surface area contributed by atoms with E-state index in [-0.39, 0.29) is 17.6 Å². The molecule has 152 valence electrons. The molecule has 2 aromatic carbocycles. The molecular formula is C26H30O3. The van der Waals surface area contributed by atoms with Gasteiger partial charge in [-0.15, -0.1) is 0 Å². The molecule has 0 saturated carbocycles. The smallest absolute Gasteiger partial charge is 0.170 e. The van der Waals surface area contributed by atoms with E-state index >= 15 is 0 Å². The fraction of sp³-hybridized carbons (Fsp3) is 0.346. The number of phenolic OH excluding ortho intramolecular Hbond substituents is 1. The van der Waals surface area contributed by atoms with E-state index in [9.17, 15) is 9.90 Å². The number of aromatic hydroxyl groups is 1. The molecule has 0 aromatic heterocycles. The number of Topliss-reactive ketones (excluding diaryl/α,β-unsaturated/α-hetero) is 1. The Morgan fingerprint density at radius 2 is 1.62 bits per heavy atom. The number of ether oxygens (including phenoxy) is 1. The number of hydrogen-bond donors (Lipinski definition) is 1. The molecule has 0 fully saturated rings. The fourth-order valence-corrected chi connectivity index (χ4v) is 3.60. The van der Waals surface area contributed by atoms with Crippen molar-refractivity contribution < 1.29 is 14.6 Å². The monoisotopic (exact) mass is 390 g/mol. The minimum absolute atomic E-state index is 0.0496. The molecule has 0 amide bonds. The van der Waals surface area contributed by atoms with E-state index < -0.39 is 0 Å². The highest BCUT2D eigenvalue weighted by atomic mass is 16.5. The first-order valence-corrected chi connectivity index (χ1v) is 10.2. The second-order valence-corrected chi connectivity index (χ2v) is 8.35. The van der Waals surface area contributed by atoms with Crippen molar-refractivity contribution >= 4 is 5.78 Å². The number of rotatable bonds is 5. The molecule has 1 N–H and O–H groups in total. The normalized spacial score (nSPS) is 15.3. The van der Waals surface area contributed by atoms with Gasteiger partial charge in [0.05, 0.1) is 12.0 Å². The lowest BCUT2D eigenvalue weighted by molar-refractivity contribution is 0.0849. The molecule has 2 aromatic rings. The van der Waals surface area contributed by atoms with Crippen LogP contribution in [0.2, 0.25) is 0 Å². The maximum absolute atomic E-state index is 12.7. The SMILES string of the molecule is CC(C)=CCc1cc([C@H]2CC(=O)c3ccc(O)cc3O2)cc(CC=C(C)C)c1C. The van der Waals surface area contributed by atoms with E-state index in [1.165, 1.54) is 40.0 Å². The van der Waals surface area contributed by atoms with Gasteiger partial charge in [-0.25, -0.2) is 0 Å². The first-order valence-electron chi connectivity index (χ1n) is 10.2. The average molecular weight is 391 g/mol. The van der Waals surface area contributed by atoms with Crippen molar-refractivity contribution in [3.05, 3.63) is 81.4 Å². The van der Waals surface area contributed by atoms with Gasteiger partial charge in [-0.2, -0.15) is 0 Å². The van der Waals surface area contributed by atoms with Crippen LogP contribution >= 0.6 is 0 Å². The van der Waals surface area contributed by atoms with Crippen LogP contribution in [0.15, 0.2) is 53.6 Å². The third kappa shape index (κ3) is 4.97. The molecule has 1 atom stereocenters. The van der Waals surface area contributed by atoms with Gasteiger partial charge in [-0.3, -0.25) is 4.79 Å². The van der Waals surface area contributed by atoms with Gasteiger partial charge in [-0.1, -0.05) is 35.4 Å². The van der Waals surface area contributed by atoms with Crippen molar-refractivity contribution in [2.75, 3.05) is 0 Å². The summed E-state index contributed by atoms with van der Waals surface area (Å²) in [6, 6.07) is 9.04. The lowest BCUT2D eigenvalue weighted by Crippen LogP contribution is -2.20. The van der Waals surface area contributed by atoms with Gasteiger partial charge in [0.25, 0.3) is 0 Å². The Bertz CT molecular complexity index is 946. The molecule has 0 radical (unpaired) electrons. The molecule has 1 aliphatic heterocycles. The third-order valence-electron chi connectivity index (χ3n) is 5.38. The van der Waals surface area contributed by atoms with Crippen molar-refractivity contribution in [2.24, 2.45) is 0 Å². The van der Waals surface area contributed by atoms with Gasteiger partial charge in [0.1, 0.15) is 17.6 Å². The van der Waals surface area contributed by atoms with Crippen LogP contribution in [0.3, 0.4) is 0 Å². The molecule has 1 heterocycles. The molecule has 1 aliphatic rings. The molecule has 3 rings (SSSR count). The summed E-state index contributed by atoms with van der Waals surface area (Å²) in [5, 5.41) is 9.80. The molecule has 29 heavy (non-hydrogen) atoms. The van der Waals surface area contributed by atoms with Gasteiger partial charge in [0, 0.05) is 6.07 Å². The zero-order valence-corrected chi connectivity index (χ0v) is 18.0. The summed E-state index contributed by atoms with van der Waals surface area (Å²) in [4.78, 5) is 12.7. The number of benzene rings is 2. The maximum atomic E-state index is 12.7. The zero-order valence-electron chi connectivity index (χ0n) is 18.0. The molecular weight excluding hydrogens is 360 g/mol. The molecule has 0 unspecified atom stereocenters. The van der Waals surface area contributed by atoms with Crippen molar-refractivity contribution in [3.63, 3.8) is 0 Å². The van der Waals surface area contributed by atoms with Crippen LogP contribution in [0.25, 0.3) is 0 Å². The van der Waals surface area contributed by atoms with Crippen molar-refractivity contribution in [3.8, 4) is 11.5 Å². The summed E-state index contributed by atoms with van der Waals surface area (Å²) in [5.41, 5.74) is 7.96. The fourth-order valence-electron chi connectivity index (χ4n) is 3.60. The van der Waals surface area contributed by atoms with Crippen LogP contribution < -0.4 is 4.74 Å². The van der Waals surface area contributed by atoms with Crippen LogP contribution in [0.5, 0.6) is 11.5 Å². The van der Waals surface area contributed by atoms with Crippen LogP contribution in [0.1, 0.15) is 72.8 Å². The van der Waals surface area contributed by atoms with Crippen LogP contribution in [0, 0.1) is 6.92 Å². The largest absolute Gasteiger partial charge is 0.508 e. The average Bonchev–Trinajstić information content (AvgIpc) is 2.65. The summed E-state index contributed by atoms with van der Waals surface area (Å²) in [6.45, 7) is 10.6. The summed E-state index contributed by atoms with van der Waals surface area (Å²) < 4.78 is 6.16. The Morgan fingerprint density at radius 3 is 2.17 bits per heavy atom. The second kappa shape index (κ2) is 8.69. The summed E-state index contributed by atoms with van der Waals surface area (Å²) >= 11 is 0. The molecule has 3 heteroatoms. The Morgan fingerprint density at radius 1 is 1.03 bits per heavy atom. The number of ketones is 1. The van der Waals surface area contributed by atoms with E-state index in [2.05, 4.69) is 58.9 Å². The van der Waals surface area contributed by atoms with Gasteiger partial charge < -0.3 is 9.84 Å². The number of phenols is 1. The number of allylic oxidation sites excluding steroid dienone is 4. The predicted octanol–water partition coefficient (Wildman–Crippen LogP) is 6.42. The maximum Gasteiger partial charge on any atom is 0.170 e. The minimum Gasteiger partial charge on any atom is -0.508 e. The molecule has 0 saturated heterocycles. The number of fused-ring (bicyclic) bond motifs is 1. The number of carbonyl (C=O) groups is 1. The highest BCUT2D eigenvalue weighted by Crippen LogP contribution is 2.38. The molecule has 3 nitrogen and oxygen atoms in total. The number of hydrogen-bond acceptors (Lipinski definition) is 3. The van der Waals surface area contributed by atoms with Gasteiger partial charge in [0.15, 0.2) is 5.78 Å². The quantitative estimate of drug-likeness (QED) is 0.599. The summed E-state index contributed by atoms with van der Waals surface area (Å²) in [5.74, 6) is 0.617. The Labute approximate surface area is 173 Å². The molecule has 0 bridgehead atoms. The lowest BCUT2D eigenvalue weighted by Gasteiger charge is -2.27. The first kappa shape index (κ1) is 20.9. The van der Waals surface area contributed by atoms with Crippen molar-refractivity contribution in [2.45, 2.75) is 60.0 Å². The Balaban J connectivity index is 2.02. The Kier molecular flexibility index (Phi) is 6.26. The number of carbonyl (C=O) groups excluding carboxylic acids is 1. The van der Waals surface area contributed by atoms with Gasteiger partial charge in [-0.05, 0) is 81.8 Å². The Hall–Kier alpha value is -2.81. The van der Waals surface area contributed by atoms with Crippen molar-refractivity contribution in [1.29, 1.82) is 0 Å². The van der Waals surface area contributed by atoms with Crippen molar-refractivity contribution in [1.82, 2.24) is 0 Å². The zero-order chi connectivity index (χ0) is 21.1. The van der Waals surface area contributed by atoms with E-state index in [1.807, 2.05) is 0 Å². The summed E-state index contributed by atoms with van der Waals surface area (Å²) in [6.07, 6.45) is 6.16. The lowest BCUT2D eigenvalue weighted by atomic mass is 9.89. The topological polar surface area (TPSA) is 46.5 Å². The second-order valence-electron chi connectivity index (χ2n) is 8.35. The van der Waals surface area contributed by atoms with Crippen LogP contribution in [0.4, 0.5) is 0 Å². The minimum atomic E-state index is -0.340. The molecule has 0 spiro atoms. The predicted molar refractivity (Wildman–Crippen MR) is 118 cm³/mol. The first-order chi connectivity index (χ1) is 13.7.